The van der Waals surface area contributed by atoms with E-state index < -0.39 is 35.8 Å². The predicted octanol–water partition coefficient (Wildman–Crippen LogP) is 3.20. The van der Waals surface area contributed by atoms with Crippen LogP contribution < -0.4 is 0 Å². The molecule has 10 nitrogen and oxygen atoms in total. The molecule has 0 spiro atoms. The normalized spacial score (nSPS) is 10.6. The summed E-state index contributed by atoms with van der Waals surface area (Å²) in [6.45, 7) is -0.544. The summed E-state index contributed by atoms with van der Waals surface area (Å²) in [5.41, 5.74) is 1.51. The Balaban J connectivity index is 1.52. The minimum absolute atomic E-state index is 0.272. The average Bonchev–Trinajstić information content (AvgIpc) is 2.92. The summed E-state index contributed by atoms with van der Waals surface area (Å²) < 4.78 is 18.8. The highest BCUT2D eigenvalue weighted by Crippen LogP contribution is 2.04. The molecule has 0 saturated heterocycles. The molecule has 10 heteroatoms. The van der Waals surface area contributed by atoms with Crippen LogP contribution in [0.2, 0.25) is 0 Å². The van der Waals surface area contributed by atoms with Crippen molar-refractivity contribution in [1.82, 2.24) is 0 Å². The van der Waals surface area contributed by atoms with Crippen molar-refractivity contribution < 1.29 is 47.7 Å². The van der Waals surface area contributed by atoms with Gasteiger partial charge in [0.25, 0.3) is 0 Å². The molecular weight excluding hydrogens is 496 g/mol. The molecule has 198 valence electrons. The van der Waals surface area contributed by atoms with Crippen LogP contribution in [0.4, 0.5) is 0 Å². The van der Waals surface area contributed by atoms with Crippen molar-refractivity contribution in [3.63, 3.8) is 0 Å². The first-order valence-corrected chi connectivity index (χ1v) is 11.6. The Bertz CT molecular complexity index is 1070. The van der Waals surface area contributed by atoms with Gasteiger partial charge in [0.05, 0.1) is 25.7 Å². The molecule has 0 aliphatic carbocycles. The number of benzene rings is 2. The molecule has 0 unspecified atom stereocenters. The van der Waals surface area contributed by atoms with E-state index in [2.05, 4.69) is 9.47 Å². The third kappa shape index (κ3) is 13.3. The first-order chi connectivity index (χ1) is 18.3. The fraction of sp³-hybridized carbons (Fsp3) is 0.214. The number of ether oxygens (including phenoxy) is 4. The first-order valence-electron chi connectivity index (χ1n) is 11.6. The van der Waals surface area contributed by atoms with E-state index in [-0.39, 0.29) is 38.9 Å². The SMILES string of the molecule is O=C(/C=C/c1ccccc1)OC(=O)CCC(=O)OCCOC(=O)CCC(=O)OC(=O)/C=C/c1ccccc1. The van der Waals surface area contributed by atoms with Crippen LogP contribution in [-0.4, -0.2) is 49.0 Å². The number of rotatable bonds is 13. The van der Waals surface area contributed by atoms with Gasteiger partial charge in [0.2, 0.25) is 0 Å². The summed E-state index contributed by atoms with van der Waals surface area (Å²) in [4.78, 5) is 70.0. The summed E-state index contributed by atoms with van der Waals surface area (Å²) in [5.74, 6) is -5.02. The Morgan fingerprint density at radius 3 is 1.21 bits per heavy atom. The van der Waals surface area contributed by atoms with E-state index in [1.165, 1.54) is 12.2 Å². The van der Waals surface area contributed by atoms with Crippen LogP contribution in [0.3, 0.4) is 0 Å². The second-order valence-electron chi connectivity index (χ2n) is 7.52. The van der Waals surface area contributed by atoms with Crippen LogP contribution in [0, 0.1) is 0 Å². The van der Waals surface area contributed by atoms with E-state index in [0.717, 1.165) is 23.3 Å². The molecule has 0 atom stereocenters. The van der Waals surface area contributed by atoms with Gasteiger partial charge in [-0.15, -0.1) is 0 Å². The highest BCUT2D eigenvalue weighted by molar-refractivity contribution is 5.96. The second kappa shape index (κ2) is 16.7. The van der Waals surface area contributed by atoms with Crippen LogP contribution >= 0.6 is 0 Å². The Hall–Kier alpha value is -4.86. The fourth-order valence-corrected chi connectivity index (χ4v) is 2.71. The minimum Gasteiger partial charge on any atom is -0.462 e. The topological polar surface area (TPSA) is 139 Å². The van der Waals surface area contributed by atoms with Gasteiger partial charge >= 0.3 is 35.8 Å². The summed E-state index contributed by atoms with van der Waals surface area (Å²) in [5, 5.41) is 0. The molecule has 0 radical (unpaired) electrons. The molecule has 0 bridgehead atoms. The van der Waals surface area contributed by atoms with E-state index in [9.17, 15) is 28.8 Å². The monoisotopic (exact) mass is 522 g/mol. The zero-order valence-corrected chi connectivity index (χ0v) is 20.4. The number of hydrogen-bond acceptors (Lipinski definition) is 10. The Labute approximate surface area is 218 Å². The summed E-state index contributed by atoms with van der Waals surface area (Å²) in [7, 11) is 0. The lowest BCUT2D eigenvalue weighted by molar-refractivity contribution is -0.160. The largest absolute Gasteiger partial charge is 0.462 e. The molecule has 0 aliphatic heterocycles. The molecule has 2 aromatic rings. The second-order valence-corrected chi connectivity index (χ2v) is 7.52. The van der Waals surface area contributed by atoms with E-state index >= 15 is 0 Å². The maximum Gasteiger partial charge on any atom is 0.338 e. The molecule has 2 rings (SSSR count). The van der Waals surface area contributed by atoms with Gasteiger partial charge in [0, 0.05) is 12.2 Å². The van der Waals surface area contributed by atoms with Crippen LogP contribution in [0.1, 0.15) is 36.8 Å². The number of esters is 6. The van der Waals surface area contributed by atoms with Gasteiger partial charge in [0.1, 0.15) is 13.2 Å². The lowest BCUT2D eigenvalue weighted by Gasteiger charge is -2.06. The van der Waals surface area contributed by atoms with Crippen molar-refractivity contribution in [2.45, 2.75) is 25.7 Å². The molecule has 0 aliphatic rings. The average molecular weight is 523 g/mol. The molecular formula is C28H26O10. The quantitative estimate of drug-likeness (QED) is 0.127. The molecule has 0 heterocycles. The van der Waals surface area contributed by atoms with E-state index in [0.29, 0.717) is 0 Å². The Morgan fingerprint density at radius 1 is 0.500 bits per heavy atom. The van der Waals surface area contributed by atoms with Crippen molar-refractivity contribution in [2.24, 2.45) is 0 Å². The lowest BCUT2D eigenvalue weighted by Crippen LogP contribution is -2.17. The third-order valence-corrected chi connectivity index (χ3v) is 4.53. The molecule has 0 saturated carbocycles. The maximum absolute atomic E-state index is 11.7. The molecule has 2 aromatic carbocycles. The summed E-state index contributed by atoms with van der Waals surface area (Å²) in [6, 6.07) is 17.9. The van der Waals surface area contributed by atoms with Crippen LogP contribution in [-0.2, 0) is 47.7 Å². The smallest absolute Gasteiger partial charge is 0.338 e. The van der Waals surface area contributed by atoms with Crippen molar-refractivity contribution in [1.29, 1.82) is 0 Å². The maximum atomic E-state index is 11.7. The highest BCUT2D eigenvalue weighted by atomic mass is 16.6. The van der Waals surface area contributed by atoms with Crippen molar-refractivity contribution in [3.8, 4) is 0 Å². The van der Waals surface area contributed by atoms with Crippen LogP contribution in [0.15, 0.2) is 72.8 Å². The highest BCUT2D eigenvalue weighted by Gasteiger charge is 2.14. The Morgan fingerprint density at radius 2 is 0.842 bits per heavy atom. The van der Waals surface area contributed by atoms with Crippen molar-refractivity contribution >= 4 is 48.0 Å². The van der Waals surface area contributed by atoms with E-state index in [1.54, 1.807) is 48.5 Å². The van der Waals surface area contributed by atoms with Gasteiger partial charge < -0.3 is 18.9 Å². The van der Waals surface area contributed by atoms with Gasteiger partial charge in [-0.25, -0.2) is 9.59 Å². The molecule has 0 N–H and O–H groups in total. The van der Waals surface area contributed by atoms with E-state index in [4.69, 9.17) is 9.47 Å². The zero-order valence-electron chi connectivity index (χ0n) is 20.4. The zero-order chi connectivity index (χ0) is 27.6. The van der Waals surface area contributed by atoms with Gasteiger partial charge in [0.15, 0.2) is 0 Å². The number of hydrogen-bond donors (Lipinski definition) is 0. The minimum atomic E-state index is -0.892. The lowest BCUT2D eigenvalue weighted by atomic mass is 10.2. The fourth-order valence-electron chi connectivity index (χ4n) is 2.71. The summed E-state index contributed by atoms with van der Waals surface area (Å²) >= 11 is 0. The molecule has 38 heavy (non-hydrogen) atoms. The predicted molar refractivity (Wildman–Crippen MR) is 134 cm³/mol. The number of carbonyl (C=O) groups excluding carboxylic acids is 6. The Kier molecular flexibility index (Phi) is 12.9. The molecule has 0 fully saturated rings. The van der Waals surface area contributed by atoms with Gasteiger partial charge in [-0.2, -0.15) is 0 Å². The van der Waals surface area contributed by atoms with Gasteiger partial charge in [-0.1, -0.05) is 60.7 Å². The first kappa shape index (κ1) is 29.4. The van der Waals surface area contributed by atoms with E-state index in [1.807, 2.05) is 12.1 Å². The van der Waals surface area contributed by atoms with Crippen LogP contribution in [0.5, 0.6) is 0 Å². The third-order valence-electron chi connectivity index (χ3n) is 4.53. The summed E-state index contributed by atoms with van der Waals surface area (Å²) in [6.07, 6.45) is 3.76. The standard InChI is InChI=1S/C28H26O10/c29-23(15-17-27(33)37-25(31)13-11-21-7-3-1-4-8-21)35-19-20-36-24(30)16-18-28(34)38-26(32)14-12-22-9-5-2-6-10-22/h1-14H,15-20H2/b13-11+,14-12+. The van der Waals surface area contributed by atoms with Crippen molar-refractivity contribution in [2.75, 3.05) is 13.2 Å². The number of carbonyl (C=O) groups is 6. The molecule has 0 aromatic heterocycles. The van der Waals surface area contributed by atoms with Gasteiger partial charge in [-0.05, 0) is 23.3 Å². The van der Waals surface area contributed by atoms with Crippen molar-refractivity contribution in [3.05, 3.63) is 83.9 Å². The molecule has 0 amide bonds. The van der Waals surface area contributed by atoms with Crippen LogP contribution in [0.25, 0.3) is 12.2 Å². The van der Waals surface area contributed by atoms with Gasteiger partial charge in [-0.3, -0.25) is 19.2 Å².